The summed E-state index contributed by atoms with van der Waals surface area (Å²) in [5, 5.41) is 0.598. The highest BCUT2D eigenvalue weighted by Crippen LogP contribution is 2.26. The molecule has 0 saturated heterocycles. The van der Waals surface area contributed by atoms with Crippen molar-refractivity contribution in [3.05, 3.63) is 26.6 Å². The first-order chi connectivity index (χ1) is 10.9. The van der Waals surface area contributed by atoms with E-state index in [1.807, 2.05) is 13.8 Å². The minimum atomic E-state index is -0.418. The second-order valence-corrected chi connectivity index (χ2v) is 6.61. The first-order valence-corrected chi connectivity index (χ1v) is 8.45. The number of nitrogens with zero attached hydrogens (tertiary/aromatic N) is 3. The molecular formula is C15H23N5O2S. The van der Waals surface area contributed by atoms with Crippen LogP contribution in [0.1, 0.15) is 30.1 Å². The average Bonchev–Trinajstić information content (AvgIpc) is 2.82. The van der Waals surface area contributed by atoms with Crippen molar-refractivity contribution in [3.63, 3.8) is 0 Å². The molecule has 0 aliphatic heterocycles. The van der Waals surface area contributed by atoms with Crippen LogP contribution in [0, 0.1) is 13.8 Å². The fraction of sp³-hybridized carbons (Fsp3) is 0.533. The molecule has 0 atom stereocenters. The summed E-state index contributed by atoms with van der Waals surface area (Å²) in [6.07, 6.45) is 0. The lowest BCUT2D eigenvalue weighted by Crippen LogP contribution is -2.39. The summed E-state index contributed by atoms with van der Waals surface area (Å²) in [6.45, 7) is 10.1. The van der Waals surface area contributed by atoms with Gasteiger partial charge < -0.3 is 0 Å². The Hall–Kier alpha value is -1.77. The maximum atomic E-state index is 12.9. The molecule has 0 saturated carbocycles. The van der Waals surface area contributed by atoms with Gasteiger partial charge >= 0.3 is 0 Å². The Morgan fingerprint density at radius 2 is 2.00 bits per heavy atom. The van der Waals surface area contributed by atoms with Crippen LogP contribution in [-0.4, -0.2) is 33.4 Å². The number of hydrogen-bond acceptors (Lipinski definition) is 6. The van der Waals surface area contributed by atoms with Crippen LogP contribution in [0.3, 0.4) is 0 Å². The molecule has 0 radical (unpaired) electrons. The summed E-state index contributed by atoms with van der Waals surface area (Å²) in [4.78, 5) is 33.2. The van der Waals surface area contributed by atoms with Gasteiger partial charge in [0.2, 0.25) is 0 Å². The van der Waals surface area contributed by atoms with Crippen LogP contribution in [-0.2, 0) is 17.9 Å². The molecule has 2 heterocycles. The number of carbonyl (C=O) groups excluding carboxylic acids is 1. The van der Waals surface area contributed by atoms with Gasteiger partial charge in [-0.25, -0.2) is 10.8 Å². The number of thiophene rings is 1. The van der Waals surface area contributed by atoms with Crippen LogP contribution < -0.4 is 16.8 Å². The van der Waals surface area contributed by atoms with Gasteiger partial charge in [0.1, 0.15) is 17.2 Å². The highest BCUT2D eigenvalue weighted by atomic mass is 32.1. The lowest BCUT2D eigenvalue weighted by molar-refractivity contribution is -0.121. The summed E-state index contributed by atoms with van der Waals surface area (Å²) in [5.41, 5.74) is 2.83. The fourth-order valence-corrected chi connectivity index (χ4v) is 3.53. The molecule has 1 amide bonds. The van der Waals surface area contributed by atoms with Gasteiger partial charge in [-0.05, 0) is 32.5 Å². The minimum absolute atomic E-state index is 0.122. The van der Waals surface area contributed by atoms with Crippen molar-refractivity contribution in [2.24, 2.45) is 5.84 Å². The first kappa shape index (κ1) is 17.6. The molecule has 0 unspecified atom stereocenters. The zero-order valence-corrected chi connectivity index (χ0v) is 14.8. The Kier molecular flexibility index (Phi) is 5.51. The summed E-state index contributed by atoms with van der Waals surface area (Å²) in [6, 6.07) is 0. The molecule has 0 bridgehead atoms. The Bertz CT molecular complexity index is 776. The van der Waals surface area contributed by atoms with Gasteiger partial charge in [-0.15, -0.1) is 11.3 Å². The molecular weight excluding hydrogens is 314 g/mol. The van der Waals surface area contributed by atoms with Crippen LogP contribution >= 0.6 is 11.3 Å². The average molecular weight is 337 g/mol. The van der Waals surface area contributed by atoms with E-state index in [4.69, 9.17) is 5.84 Å². The van der Waals surface area contributed by atoms with Crippen molar-refractivity contribution >= 4 is 27.5 Å². The van der Waals surface area contributed by atoms with Crippen molar-refractivity contribution in [2.75, 3.05) is 13.1 Å². The van der Waals surface area contributed by atoms with Crippen molar-refractivity contribution < 1.29 is 4.79 Å². The number of rotatable bonds is 6. The van der Waals surface area contributed by atoms with Crippen molar-refractivity contribution in [3.8, 4) is 0 Å². The van der Waals surface area contributed by atoms with Gasteiger partial charge in [-0.1, -0.05) is 13.8 Å². The van der Waals surface area contributed by atoms with Crippen LogP contribution in [0.2, 0.25) is 0 Å². The van der Waals surface area contributed by atoms with Crippen LogP contribution in [0.4, 0.5) is 0 Å². The van der Waals surface area contributed by atoms with E-state index >= 15 is 0 Å². The van der Waals surface area contributed by atoms with E-state index in [0.717, 1.165) is 28.4 Å². The van der Waals surface area contributed by atoms with Crippen molar-refractivity contribution in [1.82, 2.24) is 19.9 Å². The number of aryl methyl sites for hydroxylation is 2. The largest absolute Gasteiger partial charge is 0.297 e. The van der Waals surface area contributed by atoms with Crippen molar-refractivity contribution in [2.45, 2.75) is 40.8 Å². The molecule has 2 aromatic rings. The van der Waals surface area contributed by atoms with Gasteiger partial charge in [-0.3, -0.25) is 24.5 Å². The topological polar surface area (TPSA) is 93.2 Å². The zero-order valence-electron chi connectivity index (χ0n) is 14.0. The van der Waals surface area contributed by atoms with Gasteiger partial charge in [0.05, 0.1) is 11.9 Å². The third-order valence-electron chi connectivity index (χ3n) is 4.09. The second kappa shape index (κ2) is 7.20. The van der Waals surface area contributed by atoms with Gasteiger partial charge in [-0.2, -0.15) is 0 Å². The molecule has 2 aromatic heterocycles. The van der Waals surface area contributed by atoms with E-state index in [1.54, 1.807) is 0 Å². The Morgan fingerprint density at radius 3 is 2.57 bits per heavy atom. The number of hydrazine groups is 1. The van der Waals surface area contributed by atoms with E-state index in [1.165, 1.54) is 15.9 Å². The van der Waals surface area contributed by atoms with E-state index in [9.17, 15) is 9.59 Å². The maximum Gasteiger partial charge on any atom is 0.263 e. The van der Waals surface area contributed by atoms with Gasteiger partial charge in [0.15, 0.2) is 0 Å². The Labute approximate surface area is 139 Å². The first-order valence-electron chi connectivity index (χ1n) is 7.64. The predicted octanol–water partition coefficient (Wildman–Crippen LogP) is 0.907. The highest BCUT2D eigenvalue weighted by molar-refractivity contribution is 7.18. The summed E-state index contributed by atoms with van der Waals surface area (Å²) >= 11 is 1.51. The SMILES string of the molecule is CCN(CC)Cc1nc2sc(C)c(C)c2c(=O)n1CC(=O)NN. The lowest BCUT2D eigenvalue weighted by atomic mass is 10.2. The number of hydrogen-bond donors (Lipinski definition) is 2. The second-order valence-electron chi connectivity index (χ2n) is 5.41. The van der Waals surface area contributed by atoms with E-state index in [-0.39, 0.29) is 12.1 Å². The smallest absolute Gasteiger partial charge is 0.263 e. The standard InChI is InChI=1S/C15H23N5O2S/c1-5-19(6-2)7-11-17-14-13(9(3)10(4)23-14)15(22)20(11)8-12(21)18-16/h5-8,16H2,1-4H3,(H,18,21). The van der Waals surface area contributed by atoms with E-state index < -0.39 is 5.91 Å². The minimum Gasteiger partial charge on any atom is -0.297 e. The van der Waals surface area contributed by atoms with Crippen LogP contribution in [0.5, 0.6) is 0 Å². The molecule has 7 nitrogen and oxygen atoms in total. The monoisotopic (exact) mass is 337 g/mol. The number of nitrogens with one attached hydrogen (secondary N) is 1. The Balaban J connectivity index is 2.64. The maximum absolute atomic E-state index is 12.9. The summed E-state index contributed by atoms with van der Waals surface area (Å²) in [7, 11) is 0. The molecule has 0 spiro atoms. The number of carbonyl (C=O) groups is 1. The van der Waals surface area contributed by atoms with Crippen LogP contribution in [0.25, 0.3) is 10.2 Å². The van der Waals surface area contributed by atoms with Crippen molar-refractivity contribution in [1.29, 1.82) is 0 Å². The predicted molar refractivity (Wildman–Crippen MR) is 92.3 cm³/mol. The quantitative estimate of drug-likeness (QED) is 0.464. The normalized spacial score (nSPS) is 11.4. The number of nitrogens with two attached hydrogens (primary N) is 1. The molecule has 0 aliphatic rings. The molecule has 3 N–H and O–H groups in total. The third kappa shape index (κ3) is 3.44. The van der Waals surface area contributed by atoms with Crippen LogP contribution in [0.15, 0.2) is 4.79 Å². The van der Waals surface area contributed by atoms with E-state index in [0.29, 0.717) is 17.8 Å². The highest BCUT2D eigenvalue weighted by Gasteiger charge is 2.19. The molecule has 126 valence electrons. The summed E-state index contributed by atoms with van der Waals surface area (Å²) in [5.74, 6) is 5.35. The molecule has 2 rings (SSSR count). The zero-order chi connectivity index (χ0) is 17.1. The fourth-order valence-electron chi connectivity index (χ4n) is 2.49. The Morgan fingerprint density at radius 1 is 1.35 bits per heavy atom. The number of amides is 1. The lowest BCUT2D eigenvalue weighted by Gasteiger charge is -2.20. The molecule has 0 fully saturated rings. The molecule has 23 heavy (non-hydrogen) atoms. The number of aromatic nitrogens is 2. The van der Waals surface area contributed by atoms with Gasteiger partial charge in [0, 0.05) is 4.88 Å². The molecule has 0 aliphatic carbocycles. The molecule has 0 aromatic carbocycles. The summed E-state index contributed by atoms with van der Waals surface area (Å²) < 4.78 is 1.43. The number of fused-ring (bicyclic) bond motifs is 1. The molecule has 8 heteroatoms. The van der Waals surface area contributed by atoms with E-state index in [2.05, 4.69) is 29.2 Å². The van der Waals surface area contributed by atoms with Gasteiger partial charge in [0.25, 0.3) is 11.5 Å². The third-order valence-corrected chi connectivity index (χ3v) is 5.19.